The van der Waals surface area contributed by atoms with Crippen LogP contribution in [0.4, 0.5) is 5.69 Å². The van der Waals surface area contributed by atoms with Gasteiger partial charge in [-0.15, -0.1) is 0 Å². The first-order valence-corrected chi connectivity index (χ1v) is 24.6. The summed E-state index contributed by atoms with van der Waals surface area (Å²) in [5, 5.41) is 54.7. The smallest absolute Gasteiger partial charge is 0.320 e. The average Bonchev–Trinajstić information content (AvgIpc) is 3.82. The molecule has 6 aliphatic heterocycles. The van der Waals surface area contributed by atoms with E-state index in [-0.39, 0.29) is 62.3 Å². The first-order chi connectivity index (χ1) is 32.6. The van der Waals surface area contributed by atoms with E-state index >= 15 is 0 Å². The van der Waals surface area contributed by atoms with Gasteiger partial charge in [0.15, 0.2) is 5.75 Å². The predicted octanol–water partition coefficient (Wildman–Crippen LogP) is 4.41. The van der Waals surface area contributed by atoms with Gasteiger partial charge in [-0.3, -0.25) is 19.4 Å². The van der Waals surface area contributed by atoms with Crippen molar-refractivity contribution in [2.24, 2.45) is 39.6 Å². The largest absolute Gasteiger partial charge is 0.507 e. The van der Waals surface area contributed by atoms with E-state index in [9.17, 15) is 34.8 Å². The van der Waals surface area contributed by atoms with Crippen molar-refractivity contribution in [1.82, 2.24) is 15.1 Å². The zero-order chi connectivity index (χ0) is 50.3. The molecule has 378 valence electrons. The van der Waals surface area contributed by atoms with Crippen LogP contribution in [0.5, 0.6) is 17.2 Å². The van der Waals surface area contributed by atoms with Crippen LogP contribution in [0.15, 0.2) is 46.1 Å². The van der Waals surface area contributed by atoms with Crippen molar-refractivity contribution in [3.63, 3.8) is 0 Å². The summed E-state index contributed by atoms with van der Waals surface area (Å²) in [5.41, 5.74) is -0.117. The Labute approximate surface area is 405 Å². The summed E-state index contributed by atoms with van der Waals surface area (Å²) in [4.78, 5) is 56.7. The number of likely N-dealkylation sites (tertiary alicyclic amines) is 2. The van der Waals surface area contributed by atoms with Gasteiger partial charge in [0.05, 0.1) is 47.8 Å². The fourth-order valence-corrected chi connectivity index (χ4v) is 10.7. The molecular formula is C52H74N6O11. The highest BCUT2D eigenvalue weighted by molar-refractivity contribution is 6.21. The number of phenolic OH excluding ortho intramolecular Hbond substituents is 2. The molecule has 2 aromatic rings. The van der Waals surface area contributed by atoms with E-state index in [1.54, 1.807) is 58.9 Å². The fraction of sp³-hybridized carbons (Fsp3) is 0.635. The van der Waals surface area contributed by atoms with Crippen LogP contribution < -0.4 is 26.1 Å². The summed E-state index contributed by atoms with van der Waals surface area (Å²) in [6.07, 6.45) is 6.83. The molecule has 0 aromatic heterocycles. The number of carbonyl (C=O) groups excluding carboxylic acids is 3. The molecule has 8 rings (SSSR count). The second-order valence-electron chi connectivity index (χ2n) is 20.8. The SMILES string of the molecule is CO[C@H]1/C=C/O[C@@]2(C)Oc3c(C)c(O)c4c(O)c(c5c(c4c3C2=O)NC2(CCN(CC(C)C)CC2)N=5)=NC(=O)/C(C)=C\C=C\[C@H](C)[C@H](O)[C@@H](C)[C@@H](O)[C@@H](C)C(OC(=O)CNC2CCN(C)CC2)[C@@H]1C. The number of fused-ring (bicyclic) bond motifs is 13. The second kappa shape index (κ2) is 20.8. The Bertz CT molecular complexity index is 2510. The number of hydrogen-bond donors (Lipinski definition) is 6. The van der Waals surface area contributed by atoms with Crippen molar-refractivity contribution in [3.05, 3.63) is 58.0 Å². The van der Waals surface area contributed by atoms with E-state index in [4.69, 9.17) is 23.9 Å². The highest BCUT2D eigenvalue weighted by Crippen LogP contribution is 2.51. The van der Waals surface area contributed by atoms with Crippen molar-refractivity contribution in [2.45, 2.75) is 130 Å². The third-order valence-corrected chi connectivity index (χ3v) is 15.1. The highest BCUT2D eigenvalue weighted by Gasteiger charge is 2.51. The van der Waals surface area contributed by atoms with Crippen LogP contribution >= 0.6 is 0 Å². The van der Waals surface area contributed by atoms with Gasteiger partial charge in [0.25, 0.3) is 11.7 Å². The van der Waals surface area contributed by atoms with Crippen molar-refractivity contribution in [3.8, 4) is 17.2 Å². The van der Waals surface area contributed by atoms with Crippen molar-refractivity contribution >= 4 is 34.1 Å². The standard InChI is InChI=1S/C52H74N6O11/c1-27(2)26-58-22-18-52(19-23-58)55-40-37-38-45(62)33(8)48-39(37)49(64)51(9,69-48)67-24-17-35(66-11)30(5)47(68-36(59)25-53-34-15-20-57(10)21-16-34)32(7)44(61)31(6)43(60)28(3)13-12-14-29(4)50(65)54-42(46(38)63)41(40)56-52/h12-14,17,24,27-28,30-32,34-35,43-44,47,53,55,60-63H,15-16,18-23,25-26H2,1-11H3/b13-12+,24-17+,29-14-,54-42?/t28-,30+,31+,32+,35-,43-,44+,47?,51-/m0/s1. The van der Waals surface area contributed by atoms with Crippen LogP contribution in [-0.2, 0) is 23.8 Å². The van der Waals surface area contributed by atoms with Crippen LogP contribution in [0, 0.1) is 36.5 Å². The van der Waals surface area contributed by atoms with Gasteiger partial charge in [-0.1, -0.05) is 59.8 Å². The number of nitrogens with one attached hydrogen (secondary N) is 2. The quantitative estimate of drug-likeness (QED) is 0.167. The van der Waals surface area contributed by atoms with E-state index in [2.05, 4.69) is 46.3 Å². The number of piperidine rings is 2. The minimum absolute atomic E-state index is 0.0362. The summed E-state index contributed by atoms with van der Waals surface area (Å²) < 4.78 is 24.8. The molecule has 0 aliphatic carbocycles. The van der Waals surface area contributed by atoms with E-state index in [1.807, 2.05) is 6.92 Å². The molecule has 6 heterocycles. The maximum Gasteiger partial charge on any atom is 0.320 e. The van der Waals surface area contributed by atoms with Crippen molar-refractivity contribution in [2.75, 3.05) is 58.7 Å². The summed E-state index contributed by atoms with van der Waals surface area (Å²) in [7, 11) is 3.56. The van der Waals surface area contributed by atoms with Gasteiger partial charge in [-0.25, -0.2) is 4.99 Å². The lowest BCUT2D eigenvalue weighted by atomic mass is 9.78. The molecular weight excluding hydrogens is 885 g/mol. The van der Waals surface area contributed by atoms with Gasteiger partial charge in [0.1, 0.15) is 34.0 Å². The second-order valence-corrected chi connectivity index (χ2v) is 20.8. The average molecular weight is 959 g/mol. The number of methoxy groups -OCH3 is 1. The van der Waals surface area contributed by atoms with E-state index in [0.29, 0.717) is 24.4 Å². The molecule has 17 nitrogen and oxygen atoms in total. The molecule has 2 fully saturated rings. The Kier molecular flexibility index (Phi) is 15.7. The Morgan fingerprint density at radius 1 is 0.957 bits per heavy atom. The monoisotopic (exact) mass is 959 g/mol. The number of amides is 1. The fourth-order valence-electron chi connectivity index (χ4n) is 10.7. The zero-order valence-corrected chi connectivity index (χ0v) is 42.2. The van der Waals surface area contributed by atoms with Gasteiger partial charge in [-0.05, 0) is 58.8 Å². The third-order valence-electron chi connectivity index (χ3n) is 15.1. The Morgan fingerprint density at radius 3 is 2.29 bits per heavy atom. The number of benzene rings is 2. The number of phenols is 2. The lowest BCUT2D eigenvalue weighted by molar-refractivity contribution is -0.162. The Morgan fingerprint density at radius 2 is 1.64 bits per heavy atom. The molecule has 5 bridgehead atoms. The summed E-state index contributed by atoms with van der Waals surface area (Å²) in [6, 6.07) is 0.154. The molecule has 9 atom stereocenters. The summed E-state index contributed by atoms with van der Waals surface area (Å²) in [5.74, 6) is -6.63. The number of aliphatic hydroxyl groups is 2. The van der Waals surface area contributed by atoms with Gasteiger partial charge < -0.3 is 59.8 Å². The molecule has 1 unspecified atom stereocenters. The number of carbonyl (C=O) groups is 3. The van der Waals surface area contributed by atoms with Crippen LogP contribution in [0.1, 0.15) is 97.0 Å². The molecule has 17 heteroatoms. The summed E-state index contributed by atoms with van der Waals surface area (Å²) in [6.45, 7) is 20.2. The lowest BCUT2D eigenvalue weighted by Crippen LogP contribution is -2.48. The van der Waals surface area contributed by atoms with Gasteiger partial charge >= 0.3 is 11.8 Å². The van der Waals surface area contributed by atoms with Gasteiger partial charge in [0, 0.05) is 92.7 Å². The number of esters is 1. The van der Waals surface area contributed by atoms with Gasteiger partial charge in [0.2, 0.25) is 0 Å². The van der Waals surface area contributed by atoms with Crippen LogP contribution in [0.3, 0.4) is 0 Å². The first kappa shape index (κ1) is 51.9. The molecule has 2 aromatic carbocycles. The van der Waals surface area contributed by atoms with Crippen molar-refractivity contribution in [1.29, 1.82) is 0 Å². The van der Waals surface area contributed by atoms with E-state index in [0.717, 1.165) is 45.6 Å². The topological polar surface area (TPSA) is 224 Å². The number of ether oxygens (including phenoxy) is 4. The molecule has 1 spiro atoms. The Balaban J connectivity index is 1.32. The minimum Gasteiger partial charge on any atom is -0.507 e. The third kappa shape index (κ3) is 10.5. The minimum atomic E-state index is -1.97. The van der Waals surface area contributed by atoms with E-state index < -0.39 is 82.9 Å². The molecule has 0 radical (unpaired) electrons. The number of allylic oxidation sites excluding steroid dienone is 2. The molecule has 6 N–H and O–H groups in total. The maximum atomic E-state index is 14.9. The van der Waals surface area contributed by atoms with Crippen molar-refractivity contribution < 1.29 is 53.8 Å². The first-order valence-electron chi connectivity index (χ1n) is 24.6. The summed E-state index contributed by atoms with van der Waals surface area (Å²) >= 11 is 0. The van der Waals surface area contributed by atoms with Gasteiger partial charge in [-0.2, -0.15) is 0 Å². The number of aromatic hydroxyl groups is 2. The normalized spacial score (nSPS) is 32.2. The molecule has 0 saturated carbocycles. The van der Waals surface area contributed by atoms with Crippen LogP contribution in [0.25, 0.3) is 10.8 Å². The number of hydrogen-bond acceptors (Lipinski definition) is 16. The predicted molar refractivity (Wildman–Crippen MR) is 261 cm³/mol. The maximum absolute atomic E-state index is 14.9. The molecule has 69 heavy (non-hydrogen) atoms. The number of ketones is 1. The Hall–Kier alpha value is -4.91. The molecule has 1 amide bonds. The number of Topliss-reactive ketones (excluding diaryl/α,β-unsaturated/α-hetero) is 1. The number of nitrogens with zero attached hydrogens (tertiary/aromatic N) is 4. The van der Waals surface area contributed by atoms with Crippen LogP contribution in [0.2, 0.25) is 0 Å². The van der Waals surface area contributed by atoms with E-state index in [1.165, 1.54) is 20.3 Å². The highest BCUT2D eigenvalue weighted by atomic mass is 16.7. The number of anilines is 1. The number of rotatable bonds is 7. The lowest BCUT2D eigenvalue weighted by Gasteiger charge is -2.38. The zero-order valence-electron chi connectivity index (χ0n) is 42.2. The number of aliphatic hydroxyl groups excluding tert-OH is 2. The molecule has 6 aliphatic rings. The van der Waals surface area contributed by atoms with Crippen LogP contribution in [-0.4, -0.2) is 143 Å². The molecule has 2 saturated heterocycles.